The maximum Gasteiger partial charge on any atom is 0.234 e. The van der Waals surface area contributed by atoms with Crippen LogP contribution in [0.25, 0.3) is 0 Å². The lowest BCUT2D eigenvalue weighted by Crippen LogP contribution is -2.11. The second kappa shape index (κ2) is 10.1. The molecule has 0 unspecified atom stereocenters. The van der Waals surface area contributed by atoms with Gasteiger partial charge in [0, 0.05) is 23.7 Å². The molecule has 0 atom stereocenters. The summed E-state index contributed by atoms with van der Waals surface area (Å²) in [5, 5.41) is 8.23. The van der Waals surface area contributed by atoms with Crippen molar-refractivity contribution in [1.29, 1.82) is 0 Å². The number of nitrogens with one attached hydrogen (secondary N) is 2. The van der Waals surface area contributed by atoms with Gasteiger partial charge >= 0.3 is 0 Å². The molecule has 2 heterocycles. The Morgan fingerprint density at radius 3 is 2.59 bits per heavy atom. The summed E-state index contributed by atoms with van der Waals surface area (Å²) in [7, 11) is 0. The Hall–Kier alpha value is -1.73. The highest BCUT2D eigenvalue weighted by molar-refractivity contribution is 7.10. The molecule has 6 nitrogen and oxygen atoms in total. The molecule has 22 heavy (non-hydrogen) atoms. The number of aromatic nitrogens is 3. The van der Waals surface area contributed by atoms with Crippen LogP contribution in [0.4, 0.5) is 11.9 Å². The van der Waals surface area contributed by atoms with Crippen molar-refractivity contribution in [3.05, 3.63) is 27.7 Å². The lowest BCUT2D eigenvalue weighted by Gasteiger charge is -2.02. The maximum atomic E-state index is 10.7. The number of thiophene rings is 1. The molecule has 0 aliphatic carbocycles. The number of aryl methyl sites for hydroxylation is 1. The van der Waals surface area contributed by atoms with Crippen molar-refractivity contribution in [3.8, 4) is 0 Å². The monoisotopic (exact) mass is 341 g/mol. The lowest BCUT2D eigenvalue weighted by atomic mass is 10.3. The van der Waals surface area contributed by atoms with Crippen LogP contribution in [0.5, 0.6) is 0 Å². The average molecular weight is 342 g/mol. The molecule has 2 N–H and O–H groups in total. The summed E-state index contributed by atoms with van der Waals surface area (Å²) < 4.78 is 0. The van der Waals surface area contributed by atoms with E-state index in [2.05, 4.69) is 32.5 Å². The standard InChI is InChI=1S/C7H9ClS.C7H11N5O/c1-2-3-7-4-6(8)5-9-7;1-3-8-6-9-4-10-7(12-6)11-5(2)13/h4-5H,2-3H2,1H3;4H,3H2,1-2H3,(H2,8,9,10,11,12,13). The Balaban J connectivity index is 0.000000235. The minimum absolute atomic E-state index is 0.200. The number of carbonyl (C=O) groups is 1. The third-order valence-electron chi connectivity index (χ3n) is 2.31. The van der Waals surface area contributed by atoms with E-state index in [9.17, 15) is 4.79 Å². The molecule has 0 aliphatic rings. The summed E-state index contributed by atoms with van der Waals surface area (Å²) in [6.07, 6.45) is 3.71. The van der Waals surface area contributed by atoms with Crippen LogP contribution in [0.3, 0.4) is 0 Å². The Bertz CT molecular complexity index is 590. The van der Waals surface area contributed by atoms with Gasteiger partial charge in [-0.05, 0) is 19.4 Å². The minimum Gasteiger partial charge on any atom is -0.354 e. The summed E-state index contributed by atoms with van der Waals surface area (Å²) >= 11 is 7.45. The quantitative estimate of drug-likeness (QED) is 0.868. The molecule has 0 spiro atoms. The molecular formula is C14H20ClN5OS. The summed E-state index contributed by atoms with van der Waals surface area (Å²) in [6, 6.07) is 2.04. The van der Waals surface area contributed by atoms with E-state index < -0.39 is 0 Å². The van der Waals surface area contributed by atoms with Crippen LogP contribution < -0.4 is 10.6 Å². The molecule has 2 aromatic rings. The fraction of sp³-hybridized carbons (Fsp3) is 0.429. The summed E-state index contributed by atoms with van der Waals surface area (Å²) in [4.78, 5) is 23.6. The average Bonchev–Trinajstić information content (AvgIpc) is 2.85. The van der Waals surface area contributed by atoms with Gasteiger partial charge in [-0.1, -0.05) is 24.9 Å². The highest BCUT2D eigenvalue weighted by Gasteiger charge is 2.00. The Labute approximate surface area is 139 Å². The number of carbonyl (C=O) groups excluding carboxylic acids is 1. The molecule has 0 saturated carbocycles. The zero-order valence-corrected chi connectivity index (χ0v) is 14.5. The summed E-state index contributed by atoms with van der Waals surface area (Å²) in [5.74, 6) is 0.522. The van der Waals surface area contributed by atoms with Crippen LogP contribution in [-0.4, -0.2) is 27.4 Å². The van der Waals surface area contributed by atoms with Crippen LogP contribution in [0.2, 0.25) is 5.02 Å². The van der Waals surface area contributed by atoms with E-state index in [0.29, 0.717) is 5.95 Å². The van der Waals surface area contributed by atoms with E-state index >= 15 is 0 Å². The second-order valence-electron chi connectivity index (χ2n) is 4.33. The molecule has 120 valence electrons. The van der Waals surface area contributed by atoms with E-state index in [4.69, 9.17) is 11.6 Å². The Morgan fingerprint density at radius 1 is 1.32 bits per heavy atom. The number of anilines is 2. The maximum absolute atomic E-state index is 10.7. The largest absolute Gasteiger partial charge is 0.354 e. The topological polar surface area (TPSA) is 79.8 Å². The van der Waals surface area contributed by atoms with Gasteiger partial charge in [0.25, 0.3) is 0 Å². The van der Waals surface area contributed by atoms with E-state index in [1.54, 1.807) is 11.3 Å². The van der Waals surface area contributed by atoms with Gasteiger partial charge in [-0.25, -0.2) is 9.97 Å². The lowest BCUT2D eigenvalue weighted by molar-refractivity contribution is -0.114. The van der Waals surface area contributed by atoms with Gasteiger partial charge < -0.3 is 5.32 Å². The van der Waals surface area contributed by atoms with Gasteiger partial charge in [0.2, 0.25) is 17.8 Å². The van der Waals surface area contributed by atoms with Crippen molar-refractivity contribution >= 4 is 40.7 Å². The number of nitrogens with zero attached hydrogens (tertiary/aromatic N) is 3. The molecule has 0 aromatic carbocycles. The second-order valence-corrected chi connectivity index (χ2v) is 5.76. The van der Waals surface area contributed by atoms with Crippen LogP contribution in [0.1, 0.15) is 32.1 Å². The van der Waals surface area contributed by atoms with Crippen molar-refractivity contribution in [2.24, 2.45) is 0 Å². The van der Waals surface area contributed by atoms with Gasteiger partial charge in [0.1, 0.15) is 6.33 Å². The fourth-order valence-corrected chi connectivity index (χ4v) is 2.67. The molecule has 0 bridgehead atoms. The molecule has 0 saturated heterocycles. The molecule has 8 heteroatoms. The number of rotatable bonds is 5. The molecule has 0 aliphatic heterocycles. The van der Waals surface area contributed by atoms with Gasteiger partial charge in [0.15, 0.2) is 0 Å². The third-order valence-corrected chi connectivity index (χ3v) is 3.66. The normalized spacial score (nSPS) is 9.64. The first-order chi connectivity index (χ1) is 10.5. The molecule has 2 aromatic heterocycles. The van der Waals surface area contributed by atoms with E-state index in [1.165, 1.54) is 24.5 Å². The first-order valence-electron chi connectivity index (χ1n) is 6.98. The zero-order chi connectivity index (χ0) is 16.4. The van der Waals surface area contributed by atoms with Crippen LogP contribution in [-0.2, 0) is 11.2 Å². The summed E-state index contributed by atoms with van der Waals surface area (Å²) in [6.45, 7) is 6.23. The minimum atomic E-state index is -0.200. The van der Waals surface area contributed by atoms with E-state index in [0.717, 1.165) is 18.0 Å². The van der Waals surface area contributed by atoms with Gasteiger partial charge in [-0.15, -0.1) is 11.3 Å². The molecule has 1 amide bonds. The van der Waals surface area contributed by atoms with Crippen molar-refractivity contribution in [2.45, 2.75) is 33.6 Å². The van der Waals surface area contributed by atoms with Crippen LogP contribution in [0, 0.1) is 0 Å². The molecular weight excluding hydrogens is 322 g/mol. The van der Waals surface area contributed by atoms with Crippen LogP contribution in [0.15, 0.2) is 17.8 Å². The molecule has 2 rings (SSSR count). The first-order valence-corrected chi connectivity index (χ1v) is 8.24. The first kappa shape index (κ1) is 18.3. The Kier molecular flexibility index (Phi) is 8.39. The zero-order valence-electron chi connectivity index (χ0n) is 12.9. The van der Waals surface area contributed by atoms with Crippen molar-refractivity contribution in [1.82, 2.24) is 15.0 Å². The highest BCUT2D eigenvalue weighted by Crippen LogP contribution is 2.19. The van der Waals surface area contributed by atoms with Crippen LogP contribution >= 0.6 is 22.9 Å². The molecule has 0 fully saturated rings. The van der Waals surface area contributed by atoms with Gasteiger partial charge in [-0.3, -0.25) is 10.1 Å². The SMILES string of the molecule is CCCc1cc(Cl)cs1.CCNc1ncnc(NC(C)=O)n1. The molecule has 0 radical (unpaired) electrons. The highest BCUT2D eigenvalue weighted by atomic mass is 35.5. The van der Waals surface area contributed by atoms with Crippen molar-refractivity contribution < 1.29 is 4.79 Å². The van der Waals surface area contributed by atoms with E-state index in [1.807, 2.05) is 18.4 Å². The number of hydrogen-bond donors (Lipinski definition) is 2. The number of amides is 1. The fourth-order valence-electron chi connectivity index (χ4n) is 1.49. The smallest absolute Gasteiger partial charge is 0.234 e. The van der Waals surface area contributed by atoms with Crippen molar-refractivity contribution in [3.63, 3.8) is 0 Å². The van der Waals surface area contributed by atoms with Crippen molar-refractivity contribution in [2.75, 3.05) is 17.2 Å². The predicted octanol–water partition coefficient (Wildman–Crippen LogP) is 3.62. The summed E-state index contributed by atoms with van der Waals surface area (Å²) in [5.41, 5.74) is 0. The number of hydrogen-bond acceptors (Lipinski definition) is 6. The third kappa shape index (κ3) is 7.33. The predicted molar refractivity (Wildman–Crippen MR) is 91.6 cm³/mol. The van der Waals surface area contributed by atoms with Gasteiger partial charge in [-0.2, -0.15) is 4.98 Å². The van der Waals surface area contributed by atoms with Gasteiger partial charge in [0.05, 0.1) is 5.02 Å². The Morgan fingerprint density at radius 2 is 2.05 bits per heavy atom. The van der Waals surface area contributed by atoms with E-state index in [-0.39, 0.29) is 11.9 Å². The number of halogens is 1.